The third-order valence-corrected chi connectivity index (χ3v) is 3.30. The number of benzene rings is 2. The largest absolute Gasteiger partial charge is 0.326 e. The van der Waals surface area contributed by atoms with E-state index < -0.39 is 0 Å². The Morgan fingerprint density at radius 2 is 1.71 bits per heavy atom. The molecule has 21 heavy (non-hydrogen) atoms. The summed E-state index contributed by atoms with van der Waals surface area (Å²) in [4.78, 5) is 11.7. The third-order valence-electron chi connectivity index (χ3n) is 3.30. The third kappa shape index (κ3) is 2.64. The average molecular weight is 283 g/mol. The van der Waals surface area contributed by atoms with E-state index in [4.69, 9.17) is 5.73 Å². The molecule has 0 fully saturated rings. The minimum Gasteiger partial charge on any atom is -0.326 e. The Balaban J connectivity index is 2.10. The van der Waals surface area contributed by atoms with E-state index in [1.807, 2.05) is 24.3 Å². The van der Waals surface area contributed by atoms with E-state index in [0.717, 1.165) is 16.8 Å². The van der Waals surface area contributed by atoms with Gasteiger partial charge in [0.2, 0.25) is 0 Å². The van der Waals surface area contributed by atoms with Crippen molar-refractivity contribution in [2.24, 2.45) is 5.73 Å². The van der Waals surface area contributed by atoms with Crippen molar-refractivity contribution in [3.05, 3.63) is 76.3 Å². The van der Waals surface area contributed by atoms with Crippen LogP contribution in [-0.4, -0.2) is 9.78 Å². The Bertz CT molecular complexity index is 801. The Kier molecular flexibility index (Phi) is 3.41. The number of nitrogens with two attached hydrogens (primary N) is 1. The SMILES string of the molecule is NCc1ccc(-n2[nH]c(=O)cc2-c2ccc(F)cc2)cc1. The summed E-state index contributed by atoms with van der Waals surface area (Å²) in [5.74, 6) is -0.310. The van der Waals surface area contributed by atoms with Crippen molar-refractivity contribution in [3.63, 3.8) is 0 Å². The Morgan fingerprint density at radius 3 is 2.33 bits per heavy atom. The van der Waals surface area contributed by atoms with Crippen LogP contribution in [-0.2, 0) is 6.54 Å². The zero-order chi connectivity index (χ0) is 14.8. The van der Waals surface area contributed by atoms with Gasteiger partial charge in [-0.05, 0) is 42.0 Å². The molecule has 0 saturated carbocycles. The zero-order valence-corrected chi connectivity index (χ0v) is 11.2. The molecule has 0 bridgehead atoms. The number of halogens is 1. The number of nitrogens with zero attached hydrogens (tertiary/aromatic N) is 1. The van der Waals surface area contributed by atoms with Gasteiger partial charge >= 0.3 is 0 Å². The number of aromatic nitrogens is 2. The Labute approximate surface area is 120 Å². The minimum atomic E-state index is -0.310. The summed E-state index contributed by atoms with van der Waals surface area (Å²) in [6.07, 6.45) is 0. The number of aromatic amines is 1. The normalized spacial score (nSPS) is 10.8. The van der Waals surface area contributed by atoms with Crippen LogP contribution in [0.25, 0.3) is 16.9 Å². The molecule has 3 aromatic rings. The lowest BCUT2D eigenvalue weighted by molar-refractivity contribution is 0.628. The summed E-state index contributed by atoms with van der Waals surface area (Å²) in [7, 11) is 0. The second-order valence-corrected chi connectivity index (χ2v) is 4.72. The standard InChI is InChI=1S/C16H14FN3O/c17-13-5-3-12(4-6-13)15-9-16(21)19-20(15)14-7-1-11(10-18)2-8-14/h1-9H,10,18H2,(H,19,21). The van der Waals surface area contributed by atoms with Crippen molar-refractivity contribution in [1.29, 1.82) is 0 Å². The van der Waals surface area contributed by atoms with Gasteiger partial charge in [0, 0.05) is 18.2 Å². The molecular weight excluding hydrogens is 269 g/mol. The summed E-state index contributed by atoms with van der Waals surface area (Å²) in [6, 6.07) is 15.1. The molecule has 1 aromatic heterocycles. The van der Waals surface area contributed by atoms with Crippen molar-refractivity contribution in [2.75, 3.05) is 0 Å². The van der Waals surface area contributed by atoms with Crippen LogP contribution in [0.1, 0.15) is 5.56 Å². The molecule has 4 nitrogen and oxygen atoms in total. The number of hydrogen-bond acceptors (Lipinski definition) is 2. The quantitative estimate of drug-likeness (QED) is 0.775. The number of nitrogens with one attached hydrogen (secondary N) is 1. The fourth-order valence-corrected chi connectivity index (χ4v) is 2.21. The number of hydrogen-bond donors (Lipinski definition) is 2. The molecule has 0 radical (unpaired) electrons. The molecule has 0 aliphatic carbocycles. The van der Waals surface area contributed by atoms with Gasteiger partial charge in [-0.3, -0.25) is 14.6 Å². The molecule has 3 rings (SSSR count). The van der Waals surface area contributed by atoms with Crippen LogP contribution in [0, 0.1) is 5.82 Å². The van der Waals surface area contributed by atoms with E-state index in [-0.39, 0.29) is 11.4 Å². The molecule has 0 aliphatic rings. The van der Waals surface area contributed by atoms with Gasteiger partial charge in [-0.15, -0.1) is 0 Å². The lowest BCUT2D eigenvalue weighted by Gasteiger charge is -2.09. The topological polar surface area (TPSA) is 63.8 Å². The minimum absolute atomic E-state index is 0.211. The second-order valence-electron chi connectivity index (χ2n) is 4.72. The number of rotatable bonds is 3. The van der Waals surface area contributed by atoms with E-state index in [1.165, 1.54) is 18.2 Å². The van der Waals surface area contributed by atoms with Gasteiger partial charge in [0.1, 0.15) is 5.82 Å². The van der Waals surface area contributed by atoms with Gasteiger partial charge in [-0.1, -0.05) is 12.1 Å². The maximum atomic E-state index is 13.0. The molecular formula is C16H14FN3O. The van der Waals surface area contributed by atoms with E-state index in [0.29, 0.717) is 12.2 Å². The summed E-state index contributed by atoms with van der Waals surface area (Å²) >= 11 is 0. The van der Waals surface area contributed by atoms with Crippen LogP contribution in [0.4, 0.5) is 4.39 Å². The first-order valence-corrected chi connectivity index (χ1v) is 6.55. The van der Waals surface area contributed by atoms with Crippen LogP contribution in [0.15, 0.2) is 59.4 Å². The summed E-state index contributed by atoms with van der Waals surface area (Å²) in [5, 5.41) is 2.75. The maximum Gasteiger partial charge on any atom is 0.265 e. The van der Waals surface area contributed by atoms with Gasteiger partial charge in [0.25, 0.3) is 5.56 Å². The predicted molar refractivity (Wildman–Crippen MR) is 79.7 cm³/mol. The van der Waals surface area contributed by atoms with Crippen LogP contribution < -0.4 is 11.3 Å². The molecule has 0 spiro atoms. The molecule has 0 aliphatic heterocycles. The van der Waals surface area contributed by atoms with E-state index in [2.05, 4.69) is 5.10 Å². The first kappa shape index (κ1) is 13.3. The van der Waals surface area contributed by atoms with Crippen molar-refractivity contribution in [2.45, 2.75) is 6.54 Å². The van der Waals surface area contributed by atoms with Crippen LogP contribution >= 0.6 is 0 Å². The van der Waals surface area contributed by atoms with E-state index in [1.54, 1.807) is 16.8 Å². The van der Waals surface area contributed by atoms with Gasteiger partial charge in [0.05, 0.1) is 11.4 Å². The highest BCUT2D eigenvalue weighted by molar-refractivity contribution is 5.61. The van der Waals surface area contributed by atoms with Crippen molar-refractivity contribution < 1.29 is 4.39 Å². The smallest absolute Gasteiger partial charge is 0.265 e. The summed E-state index contributed by atoms with van der Waals surface area (Å²) in [5.41, 5.74) is 8.63. The highest BCUT2D eigenvalue weighted by Gasteiger charge is 2.09. The molecule has 1 heterocycles. The highest BCUT2D eigenvalue weighted by Crippen LogP contribution is 2.21. The van der Waals surface area contributed by atoms with Gasteiger partial charge in [0.15, 0.2) is 0 Å². The van der Waals surface area contributed by atoms with E-state index in [9.17, 15) is 9.18 Å². The monoisotopic (exact) mass is 283 g/mol. The van der Waals surface area contributed by atoms with Crippen molar-refractivity contribution >= 4 is 0 Å². The van der Waals surface area contributed by atoms with Gasteiger partial charge < -0.3 is 5.73 Å². The molecule has 2 aromatic carbocycles. The maximum absolute atomic E-state index is 13.0. The van der Waals surface area contributed by atoms with Crippen LogP contribution in [0.5, 0.6) is 0 Å². The highest BCUT2D eigenvalue weighted by atomic mass is 19.1. The predicted octanol–water partition coefficient (Wildman–Crippen LogP) is 2.43. The zero-order valence-electron chi connectivity index (χ0n) is 11.2. The Hall–Kier alpha value is -2.66. The van der Waals surface area contributed by atoms with Crippen molar-refractivity contribution in [3.8, 4) is 16.9 Å². The summed E-state index contributed by atoms with van der Waals surface area (Å²) in [6.45, 7) is 0.466. The van der Waals surface area contributed by atoms with Crippen molar-refractivity contribution in [1.82, 2.24) is 9.78 Å². The first-order chi connectivity index (χ1) is 10.2. The first-order valence-electron chi connectivity index (χ1n) is 6.55. The van der Waals surface area contributed by atoms with E-state index >= 15 is 0 Å². The molecule has 0 saturated heterocycles. The molecule has 0 amide bonds. The van der Waals surface area contributed by atoms with Gasteiger partial charge in [-0.2, -0.15) is 0 Å². The fourth-order valence-electron chi connectivity index (χ4n) is 2.21. The lowest BCUT2D eigenvalue weighted by Crippen LogP contribution is -2.05. The second kappa shape index (κ2) is 5.38. The van der Waals surface area contributed by atoms with Crippen LogP contribution in [0.2, 0.25) is 0 Å². The molecule has 0 atom stereocenters. The van der Waals surface area contributed by atoms with Gasteiger partial charge in [-0.25, -0.2) is 4.39 Å². The number of H-pyrrole nitrogens is 1. The molecule has 3 N–H and O–H groups in total. The van der Waals surface area contributed by atoms with Crippen LogP contribution in [0.3, 0.4) is 0 Å². The molecule has 106 valence electrons. The average Bonchev–Trinajstić information content (AvgIpc) is 2.90. The lowest BCUT2D eigenvalue weighted by atomic mass is 10.1. The fraction of sp³-hybridized carbons (Fsp3) is 0.0625. The Morgan fingerprint density at radius 1 is 1.05 bits per heavy atom. The summed E-state index contributed by atoms with van der Waals surface area (Å²) < 4.78 is 14.7. The molecule has 5 heteroatoms. The molecule has 0 unspecified atom stereocenters.